The summed E-state index contributed by atoms with van der Waals surface area (Å²) >= 11 is 0. The maximum Gasteiger partial charge on any atom is 0.308 e. The quantitative estimate of drug-likeness (QED) is 0.336. The van der Waals surface area contributed by atoms with Gasteiger partial charge in [-0.2, -0.15) is 0 Å². The van der Waals surface area contributed by atoms with E-state index in [0.29, 0.717) is 17.6 Å². The summed E-state index contributed by atoms with van der Waals surface area (Å²) < 4.78 is 12.2. The Bertz CT molecular complexity index is 744. The minimum Gasteiger partial charge on any atom is -0.487 e. The molecule has 2 aliphatic rings. The average Bonchev–Trinajstić information content (AvgIpc) is 2.57. The molecule has 0 N–H and O–H groups in total. The van der Waals surface area contributed by atoms with Crippen LogP contribution >= 0.6 is 0 Å². The second-order valence-electron chi connectivity index (χ2n) is 8.96. The molecule has 1 heterocycles. The van der Waals surface area contributed by atoms with Gasteiger partial charge in [0.2, 0.25) is 0 Å². The van der Waals surface area contributed by atoms with Crippen LogP contribution in [-0.4, -0.2) is 11.6 Å². The van der Waals surface area contributed by atoms with Crippen molar-refractivity contribution in [1.29, 1.82) is 0 Å². The summed E-state index contributed by atoms with van der Waals surface area (Å²) in [4.78, 5) is 11.8. The summed E-state index contributed by atoms with van der Waals surface area (Å²) in [5, 5.41) is 0. The third kappa shape index (κ3) is 4.07. The Labute approximate surface area is 164 Å². The number of carbonyl (C=O) groups is 1. The number of esters is 1. The van der Waals surface area contributed by atoms with Crippen molar-refractivity contribution < 1.29 is 14.3 Å². The molecule has 3 heteroatoms. The van der Waals surface area contributed by atoms with E-state index in [9.17, 15) is 4.79 Å². The molecule has 0 fully saturated rings. The van der Waals surface area contributed by atoms with Crippen molar-refractivity contribution in [2.45, 2.75) is 91.1 Å². The number of benzene rings is 1. The van der Waals surface area contributed by atoms with Crippen molar-refractivity contribution in [3.8, 4) is 11.5 Å². The van der Waals surface area contributed by atoms with Gasteiger partial charge in [0.05, 0.1) is 0 Å². The lowest BCUT2D eigenvalue weighted by atomic mass is 9.68. The van der Waals surface area contributed by atoms with Crippen LogP contribution in [-0.2, 0) is 4.79 Å². The summed E-state index contributed by atoms with van der Waals surface area (Å²) in [5.74, 6) is 2.36. The second-order valence-corrected chi connectivity index (χ2v) is 8.96. The molecule has 0 radical (unpaired) electrons. The van der Waals surface area contributed by atoms with E-state index in [2.05, 4.69) is 52.8 Å². The molecule has 0 amide bonds. The van der Waals surface area contributed by atoms with Crippen molar-refractivity contribution in [3.63, 3.8) is 0 Å². The third-order valence-electron chi connectivity index (χ3n) is 6.29. The zero-order valence-electron chi connectivity index (χ0n) is 17.7. The molecular weight excluding hydrogens is 336 g/mol. The molecule has 0 bridgehead atoms. The predicted octanol–water partition coefficient (Wildman–Crippen LogP) is 6.52. The molecule has 0 spiro atoms. The molecule has 1 aromatic carbocycles. The number of fused-ring (bicyclic) bond motifs is 3. The minimum atomic E-state index is -0.270. The van der Waals surface area contributed by atoms with Gasteiger partial charge in [0.1, 0.15) is 17.1 Å². The van der Waals surface area contributed by atoms with Gasteiger partial charge in [-0.25, -0.2) is 0 Å². The summed E-state index contributed by atoms with van der Waals surface area (Å²) in [6, 6.07) is 4.27. The molecule has 2 unspecified atom stereocenters. The molecule has 0 saturated heterocycles. The van der Waals surface area contributed by atoms with Crippen molar-refractivity contribution in [2.24, 2.45) is 5.92 Å². The lowest BCUT2D eigenvalue weighted by Gasteiger charge is -2.46. The van der Waals surface area contributed by atoms with E-state index >= 15 is 0 Å². The lowest BCUT2D eigenvalue weighted by Crippen LogP contribution is -2.45. The fourth-order valence-electron chi connectivity index (χ4n) is 4.73. The van der Waals surface area contributed by atoms with Gasteiger partial charge in [0.15, 0.2) is 0 Å². The molecule has 148 valence electrons. The normalized spacial score (nSPS) is 24.1. The van der Waals surface area contributed by atoms with Crippen molar-refractivity contribution in [3.05, 3.63) is 34.9 Å². The number of allylic oxidation sites excluding steroid dienone is 2. The van der Waals surface area contributed by atoms with Crippen LogP contribution < -0.4 is 9.47 Å². The van der Waals surface area contributed by atoms with E-state index in [-0.39, 0.29) is 17.5 Å². The molecule has 1 aliphatic carbocycles. The fraction of sp³-hybridized carbons (Fsp3) is 0.625. The molecule has 0 aromatic heterocycles. The van der Waals surface area contributed by atoms with Crippen LogP contribution in [0.3, 0.4) is 0 Å². The molecule has 27 heavy (non-hydrogen) atoms. The van der Waals surface area contributed by atoms with Crippen LogP contribution in [0.25, 0.3) is 0 Å². The van der Waals surface area contributed by atoms with Crippen LogP contribution in [0.4, 0.5) is 0 Å². The highest BCUT2D eigenvalue weighted by atomic mass is 16.5. The summed E-state index contributed by atoms with van der Waals surface area (Å²) in [6.45, 7) is 12.5. The maximum absolute atomic E-state index is 11.8. The van der Waals surface area contributed by atoms with Crippen LogP contribution in [0.2, 0.25) is 0 Å². The first-order valence-electron chi connectivity index (χ1n) is 10.5. The molecule has 1 aromatic rings. The Morgan fingerprint density at radius 1 is 1.37 bits per heavy atom. The highest BCUT2D eigenvalue weighted by Gasteiger charge is 2.45. The van der Waals surface area contributed by atoms with E-state index in [4.69, 9.17) is 9.47 Å². The monoisotopic (exact) mass is 370 g/mol. The summed E-state index contributed by atoms with van der Waals surface area (Å²) in [6.07, 6.45) is 8.09. The number of unbranched alkanes of at least 4 members (excludes halogenated alkanes) is 1. The predicted molar refractivity (Wildman–Crippen MR) is 110 cm³/mol. The Hall–Kier alpha value is -1.77. The van der Waals surface area contributed by atoms with E-state index in [1.165, 1.54) is 30.9 Å². The molecule has 3 rings (SSSR count). The van der Waals surface area contributed by atoms with Gasteiger partial charge in [0.25, 0.3) is 0 Å². The van der Waals surface area contributed by atoms with E-state index in [1.54, 1.807) is 0 Å². The first kappa shape index (κ1) is 20.0. The van der Waals surface area contributed by atoms with E-state index in [1.807, 2.05) is 0 Å². The lowest BCUT2D eigenvalue weighted by molar-refractivity contribution is -0.132. The molecule has 1 aliphatic heterocycles. The number of rotatable bonds is 5. The van der Waals surface area contributed by atoms with E-state index in [0.717, 1.165) is 30.6 Å². The molecule has 3 atom stereocenters. The Balaban J connectivity index is 2.12. The number of ether oxygens (including phenoxy) is 2. The smallest absolute Gasteiger partial charge is 0.308 e. The Morgan fingerprint density at radius 3 is 2.78 bits per heavy atom. The average molecular weight is 371 g/mol. The van der Waals surface area contributed by atoms with Gasteiger partial charge < -0.3 is 9.47 Å². The van der Waals surface area contributed by atoms with Crippen molar-refractivity contribution in [2.75, 3.05) is 0 Å². The number of carbonyl (C=O) groups excluding carboxylic acids is 1. The van der Waals surface area contributed by atoms with Crippen molar-refractivity contribution >= 4 is 5.97 Å². The fourth-order valence-corrected chi connectivity index (χ4v) is 4.73. The second kappa shape index (κ2) is 7.69. The van der Waals surface area contributed by atoms with Gasteiger partial charge in [0, 0.05) is 24.3 Å². The van der Waals surface area contributed by atoms with Crippen LogP contribution in [0, 0.1) is 5.92 Å². The maximum atomic E-state index is 11.8. The molecule has 3 nitrogen and oxygen atoms in total. The standard InChI is InChI=1S/C24H34O3/c1-7-8-9-16(3)18-13-21(26-17(4)25)23-19-12-15(2)10-11-20(19)24(5,6)27-22(23)14-18/h12-14,16,19-20H,7-11H2,1-6H3/t16?,19-,20?/m1/s1. The zero-order valence-corrected chi connectivity index (χ0v) is 17.7. The van der Waals surface area contributed by atoms with Crippen molar-refractivity contribution in [1.82, 2.24) is 0 Å². The Morgan fingerprint density at radius 2 is 2.11 bits per heavy atom. The van der Waals surface area contributed by atoms with Crippen LogP contribution in [0.15, 0.2) is 23.8 Å². The number of hydrogen-bond donors (Lipinski definition) is 0. The molecular formula is C24H34O3. The minimum absolute atomic E-state index is 0.229. The van der Waals surface area contributed by atoms with Gasteiger partial charge in [-0.05, 0) is 63.6 Å². The first-order chi connectivity index (χ1) is 12.7. The van der Waals surface area contributed by atoms with Gasteiger partial charge in [-0.1, -0.05) is 38.3 Å². The highest BCUT2D eigenvalue weighted by molar-refractivity contribution is 5.71. The largest absolute Gasteiger partial charge is 0.487 e. The number of hydrogen-bond acceptors (Lipinski definition) is 3. The Kier molecular flexibility index (Phi) is 5.69. The third-order valence-corrected chi connectivity index (χ3v) is 6.29. The molecule has 0 saturated carbocycles. The van der Waals surface area contributed by atoms with Crippen LogP contribution in [0.1, 0.15) is 96.6 Å². The first-order valence-corrected chi connectivity index (χ1v) is 10.5. The van der Waals surface area contributed by atoms with E-state index < -0.39 is 0 Å². The van der Waals surface area contributed by atoms with Crippen LogP contribution in [0.5, 0.6) is 11.5 Å². The summed E-state index contributed by atoms with van der Waals surface area (Å²) in [7, 11) is 0. The topological polar surface area (TPSA) is 35.5 Å². The van der Waals surface area contributed by atoms with Gasteiger partial charge in [-0.15, -0.1) is 0 Å². The SMILES string of the molecule is CCCCC(C)c1cc(OC(C)=O)c2c(c1)OC(C)(C)C1CCC(C)=C[C@@H]21. The zero-order chi connectivity index (χ0) is 19.8. The van der Waals surface area contributed by atoms with Gasteiger partial charge in [-0.3, -0.25) is 4.79 Å². The summed E-state index contributed by atoms with van der Waals surface area (Å²) in [5.41, 5.74) is 3.44. The van der Waals surface area contributed by atoms with Gasteiger partial charge >= 0.3 is 5.97 Å². The highest BCUT2D eigenvalue weighted by Crippen LogP contribution is 2.54.